The van der Waals surface area contributed by atoms with E-state index in [1.165, 1.54) is 6.07 Å². The first-order chi connectivity index (χ1) is 14.1. The third-order valence-electron chi connectivity index (χ3n) is 6.85. The van der Waals surface area contributed by atoms with Gasteiger partial charge in [0, 0.05) is 37.9 Å². The minimum atomic E-state index is -0.240. The Balaban J connectivity index is 1.37. The molecule has 5 rings (SSSR count). The van der Waals surface area contributed by atoms with Gasteiger partial charge in [-0.1, -0.05) is 30.6 Å². The fourth-order valence-corrected chi connectivity index (χ4v) is 5.20. The molecule has 6 nitrogen and oxygen atoms in total. The molecule has 0 bridgehead atoms. The van der Waals surface area contributed by atoms with Crippen LogP contribution in [0.3, 0.4) is 0 Å². The number of amides is 1. The highest BCUT2D eigenvalue weighted by atomic mass is 19.1. The molecule has 2 aromatic rings. The van der Waals surface area contributed by atoms with E-state index in [0.29, 0.717) is 30.1 Å². The van der Waals surface area contributed by atoms with E-state index in [9.17, 15) is 9.18 Å². The van der Waals surface area contributed by atoms with Gasteiger partial charge in [0.2, 0.25) is 11.8 Å². The van der Waals surface area contributed by atoms with E-state index in [0.717, 1.165) is 50.9 Å². The SMILES string of the molecule is CCc1nc(CN2C[C@H]3CN(C(=O)C4CCC4)[C@H](c4cccc(F)c4)[C@H]3C2)no1. The maximum atomic E-state index is 14.0. The van der Waals surface area contributed by atoms with Crippen LogP contribution in [0.4, 0.5) is 4.39 Å². The van der Waals surface area contributed by atoms with E-state index < -0.39 is 0 Å². The molecule has 3 fully saturated rings. The molecule has 2 aliphatic heterocycles. The predicted molar refractivity (Wildman–Crippen MR) is 104 cm³/mol. The minimum Gasteiger partial charge on any atom is -0.339 e. The standard InChI is InChI=1S/C22H27FN4O2/c1-2-20-24-19(25-29-20)13-26-10-16-11-27(22(28)14-5-3-6-14)21(18(16)12-26)15-7-4-8-17(23)9-15/h4,7-9,14,16,18,21H,2-3,5-6,10-13H2,1H3/t16-,18-,21+/m0/s1. The summed E-state index contributed by atoms with van der Waals surface area (Å²) in [5.41, 5.74) is 0.917. The highest BCUT2D eigenvalue weighted by molar-refractivity contribution is 5.80. The monoisotopic (exact) mass is 398 g/mol. The number of hydrogen-bond acceptors (Lipinski definition) is 5. The van der Waals surface area contributed by atoms with Gasteiger partial charge in [0.05, 0.1) is 12.6 Å². The van der Waals surface area contributed by atoms with Crippen molar-refractivity contribution in [3.8, 4) is 0 Å². The molecular formula is C22H27FN4O2. The second-order valence-corrected chi connectivity index (χ2v) is 8.69. The second-order valence-electron chi connectivity index (χ2n) is 8.69. The molecular weight excluding hydrogens is 371 g/mol. The molecule has 1 aliphatic carbocycles. The van der Waals surface area contributed by atoms with Gasteiger partial charge in [-0.15, -0.1) is 0 Å². The number of fused-ring (bicyclic) bond motifs is 1. The molecule has 7 heteroatoms. The number of aryl methyl sites for hydroxylation is 1. The normalized spacial score (nSPS) is 27.2. The van der Waals surface area contributed by atoms with Gasteiger partial charge in [-0.3, -0.25) is 9.69 Å². The summed E-state index contributed by atoms with van der Waals surface area (Å²) < 4.78 is 19.2. The number of aromatic nitrogens is 2. The molecule has 0 N–H and O–H groups in total. The maximum Gasteiger partial charge on any atom is 0.226 e. The molecule has 1 amide bonds. The Morgan fingerprint density at radius 1 is 1.28 bits per heavy atom. The number of hydrogen-bond donors (Lipinski definition) is 0. The van der Waals surface area contributed by atoms with Crippen molar-refractivity contribution in [1.82, 2.24) is 19.9 Å². The van der Waals surface area contributed by atoms with Gasteiger partial charge >= 0.3 is 0 Å². The lowest BCUT2D eigenvalue weighted by Gasteiger charge is -2.35. The molecule has 1 saturated carbocycles. The largest absolute Gasteiger partial charge is 0.339 e. The summed E-state index contributed by atoms with van der Waals surface area (Å²) in [5.74, 6) is 2.25. The lowest BCUT2D eigenvalue weighted by Crippen LogP contribution is -2.41. The van der Waals surface area contributed by atoms with Crippen molar-refractivity contribution in [1.29, 1.82) is 0 Å². The smallest absolute Gasteiger partial charge is 0.226 e. The van der Waals surface area contributed by atoms with E-state index in [-0.39, 0.29) is 23.7 Å². The van der Waals surface area contributed by atoms with Crippen LogP contribution < -0.4 is 0 Å². The van der Waals surface area contributed by atoms with Crippen molar-refractivity contribution < 1.29 is 13.7 Å². The summed E-state index contributed by atoms with van der Waals surface area (Å²) in [5, 5.41) is 4.08. The Hall–Kier alpha value is -2.28. The van der Waals surface area contributed by atoms with Crippen molar-refractivity contribution in [3.05, 3.63) is 47.4 Å². The van der Waals surface area contributed by atoms with Crippen LogP contribution in [0.15, 0.2) is 28.8 Å². The van der Waals surface area contributed by atoms with Crippen molar-refractivity contribution in [2.45, 2.75) is 45.2 Å². The molecule has 1 aromatic carbocycles. The minimum absolute atomic E-state index is 0.0507. The Bertz CT molecular complexity index is 896. The Kier molecular flexibility index (Phi) is 4.86. The van der Waals surface area contributed by atoms with E-state index in [1.54, 1.807) is 12.1 Å². The highest BCUT2D eigenvalue weighted by Crippen LogP contribution is 2.47. The van der Waals surface area contributed by atoms with E-state index >= 15 is 0 Å². The van der Waals surface area contributed by atoms with Crippen LogP contribution in [0.25, 0.3) is 0 Å². The zero-order valence-corrected chi connectivity index (χ0v) is 16.8. The van der Waals surface area contributed by atoms with Gasteiger partial charge in [0.1, 0.15) is 5.82 Å². The summed E-state index contributed by atoms with van der Waals surface area (Å²) in [6.07, 6.45) is 3.85. The van der Waals surface area contributed by atoms with Crippen LogP contribution in [-0.2, 0) is 17.8 Å². The van der Waals surface area contributed by atoms with Gasteiger partial charge in [-0.25, -0.2) is 4.39 Å². The van der Waals surface area contributed by atoms with Crippen LogP contribution in [0.2, 0.25) is 0 Å². The first kappa shape index (κ1) is 18.7. The molecule has 3 atom stereocenters. The summed E-state index contributed by atoms with van der Waals surface area (Å²) >= 11 is 0. The Labute approximate surface area is 170 Å². The van der Waals surface area contributed by atoms with E-state index in [2.05, 4.69) is 19.9 Å². The molecule has 29 heavy (non-hydrogen) atoms. The molecule has 0 radical (unpaired) electrons. The number of nitrogens with zero attached hydrogens (tertiary/aromatic N) is 4. The first-order valence-corrected chi connectivity index (χ1v) is 10.7. The summed E-state index contributed by atoms with van der Waals surface area (Å²) in [7, 11) is 0. The fraction of sp³-hybridized carbons (Fsp3) is 0.591. The number of carbonyl (C=O) groups excluding carboxylic acids is 1. The van der Waals surface area contributed by atoms with Crippen molar-refractivity contribution in [2.24, 2.45) is 17.8 Å². The average Bonchev–Trinajstić information content (AvgIpc) is 3.34. The van der Waals surface area contributed by atoms with Crippen molar-refractivity contribution in [2.75, 3.05) is 19.6 Å². The van der Waals surface area contributed by atoms with Crippen LogP contribution in [-0.4, -0.2) is 45.5 Å². The van der Waals surface area contributed by atoms with Crippen LogP contribution in [0.1, 0.15) is 49.5 Å². The van der Waals surface area contributed by atoms with Crippen LogP contribution in [0, 0.1) is 23.6 Å². The molecule has 154 valence electrons. The maximum absolute atomic E-state index is 14.0. The number of benzene rings is 1. The third-order valence-corrected chi connectivity index (χ3v) is 6.85. The van der Waals surface area contributed by atoms with Crippen LogP contribution in [0.5, 0.6) is 0 Å². The molecule has 0 unspecified atom stereocenters. The summed E-state index contributed by atoms with van der Waals surface area (Å²) in [6, 6.07) is 6.74. The number of rotatable bonds is 5. The topological polar surface area (TPSA) is 62.5 Å². The molecule has 3 heterocycles. The fourth-order valence-electron chi connectivity index (χ4n) is 5.20. The zero-order chi connectivity index (χ0) is 20.0. The quantitative estimate of drug-likeness (QED) is 0.774. The summed E-state index contributed by atoms with van der Waals surface area (Å²) in [4.78, 5) is 21.9. The van der Waals surface area contributed by atoms with Gasteiger partial charge in [0.15, 0.2) is 5.82 Å². The van der Waals surface area contributed by atoms with Gasteiger partial charge in [-0.05, 0) is 36.5 Å². The number of carbonyl (C=O) groups is 1. The van der Waals surface area contributed by atoms with Crippen LogP contribution >= 0.6 is 0 Å². The van der Waals surface area contributed by atoms with Gasteiger partial charge in [0.25, 0.3) is 0 Å². The van der Waals surface area contributed by atoms with Gasteiger partial charge in [-0.2, -0.15) is 4.98 Å². The van der Waals surface area contributed by atoms with E-state index in [1.807, 2.05) is 13.0 Å². The van der Waals surface area contributed by atoms with E-state index in [4.69, 9.17) is 4.52 Å². The lowest BCUT2D eigenvalue weighted by atomic mass is 9.83. The van der Waals surface area contributed by atoms with Crippen molar-refractivity contribution in [3.63, 3.8) is 0 Å². The van der Waals surface area contributed by atoms with Gasteiger partial charge < -0.3 is 9.42 Å². The number of likely N-dealkylation sites (tertiary alicyclic amines) is 2. The summed E-state index contributed by atoms with van der Waals surface area (Å²) in [6.45, 7) is 5.17. The zero-order valence-electron chi connectivity index (χ0n) is 16.8. The Morgan fingerprint density at radius 2 is 2.14 bits per heavy atom. The number of halogens is 1. The predicted octanol–water partition coefficient (Wildman–Crippen LogP) is 3.20. The second kappa shape index (κ2) is 7.52. The molecule has 2 saturated heterocycles. The Morgan fingerprint density at radius 3 is 2.83 bits per heavy atom. The molecule has 0 spiro atoms. The first-order valence-electron chi connectivity index (χ1n) is 10.7. The average molecular weight is 398 g/mol. The molecule has 1 aromatic heterocycles. The lowest BCUT2D eigenvalue weighted by molar-refractivity contribution is -0.139. The molecule has 3 aliphatic rings. The highest BCUT2D eigenvalue weighted by Gasteiger charge is 2.50. The van der Waals surface area contributed by atoms with Crippen molar-refractivity contribution >= 4 is 5.91 Å². The third kappa shape index (κ3) is 3.45.